The summed E-state index contributed by atoms with van der Waals surface area (Å²) in [4.78, 5) is 12.3. The Hall–Kier alpha value is -2.14. The van der Waals surface area contributed by atoms with Gasteiger partial charge < -0.3 is 10.4 Å². The summed E-state index contributed by atoms with van der Waals surface area (Å²) in [5, 5.41) is 16.9. The lowest BCUT2D eigenvalue weighted by Crippen LogP contribution is -2.41. The number of benzene rings is 1. The molecule has 1 aromatic heterocycles. The van der Waals surface area contributed by atoms with Crippen LogP contribution in [-0.2, 0) is 18.3 Å². The minimum absolute atomic E-state index is 0.0497. The first kappa shape index (κ1) is 16.7. The van der Waals surface area contributed by atoms with E-state index in [4.69, 9.17) is 0 Å². The number of amides is 1. The molecule has 1 aliphatic rings. The lowest BCUT2D eigenvalue weighted by Gasteiger charge is -2.37. The Balaban J connectivity index is 1.53. The minimum atomic E-state index is -0.232. The van der Waals surface area contributed by atoms with Gasteiger partial charge in [0.25, 0.3) is 0 Å². The van der Waals surface area contributed by atoms with Crippen LogP contribution >= 0.6 is 0 Å². The first-order chi connectivity index (χ1) is 11.6. The molecule has 0 aliphatic heterocycles. The highest BCUT2D eigenvalue weighted by molar-refractivity contribution is 5.76. The minimum Gasteiger partial charge on any atom is -0.393 e. The van der Waals surface area contributed by atoms with Gasteiger partial charge in [0.1, 0.15) is 0 Å². The van der Waals surface area contributed by atoms with Crippen molar-refractivity contribution in [2.24, 2.45) is 13.0 Å². The van der Waals surface area contributed by atoms with Crippen molar-refractivity contribution in [3.05, 3.63) is 53.9 Å². The van der Waals surface area contributed by atoms with E-state index in [1.165, 1.54) is 5.56 Å². The zero-order valence-electron chi connectivity index (χ0n) is 14.1. The van der Waals surface area contributed by atoms with Gasteiger partial charge in [0.05, 0.1) is 18.3 Å². The van der Waals surface area contributed by atoms with Crippen molar-refractivity contribution in [3.63, 3.8) is 0 Å². The van der Waals surface area contributed by atoms with E-state index in [0.29, 0.717) is 12.3 Å². The monoisotopic (exact) mass is 327 g/mol. The second-order valence-electron chi connectivity index (χ2n) is 6.72. The van der Waals surface area contributed by atoms with Crippen LogP contribution in [0.4, 0.5) is 0 Å². The standard InChI is InChI=1S/C19H25N3O2/c1-22-13-16(12-20-22)19(15-10-17(23)11-15)21-18(24)9-5-8-14-6-3-2-4-7-14/h2-4,6-7,12-13,15,17,19,23H,5,8-11H2,1H3,(H,21,24)/t15?,17?,19-/m0/s1. The van der Waals surface area contributed by atoms with Gasteiger partial charge in [-0.2, -0.15) is 5.10 Å². The maximum Gasteiger partial charge on any atom is 0.220 e. The molecule has 1 amide bonds. The Labute approximate surface area is 142 Å². The van der Waals surface area contributed by atoms with Crippen molar-refractivity contribution < 1.29 is 9.90 Å². The number of hydrogen-bond acceptors (Lipinski definition) is 3. The summed E-state index contributed by atoms with van der Waals surface area (Å²) in [6.07, 6.45) is 7.26. The fourth-order valence-electron chi connectivity index (χ4n) is 3.32. The predicted octanol–water partition coefficient (Wildman–Crippen LogP) is 2.37. The molecular formula is C19H25N3O2. The Kier molecular flexibility index (Phi) is 5.30. The van der Waals surface area contributed by atoms with Crippen molar-refractivity contribution >= 4 is 5.91 Å². The van der Waals surface area contributed by atoms with Crippen molar-refractivity contribution in [2.75, 3.05) is 0 Å². The molecule has 5 heteroatoms. The van der Waals surface area contributed by atoms with E-state index in [0.717, 1.165) is 31.2 Å². The first-order valence-electron chi connectivity index (χ1n) is 8.61. The van der Waals surface area contributed by atoms with Crippen molar-refractivity contribution in [1.82, 2.24) is 15.1 Å². The Morgan fingerprint density at radius 3 is 2.75 bits per heavy atom. The molecule has 0 radical (unpaired) electrons. The number of carbonyl (C=O) groups is 1. The number of nitrogens with one attached hydrogen (secondary N) is 1. The molecule has 1 aliphatic carbocycles. The van der Waals surface area contributed by atoms with Gasteiger partial charge in [-0.1, -0.05) is 30.3 Å². The molecule has 24 heavy (non-hydrogen) atoms. The summed E-state index contributed by atoms with van der Waals surface area (Å²) in [5.41, 5.74) is 2.28. The van der Waals surface area contributed by atoms with Gasteiger partial charge in [0, 0.05) is 25.2 Å². The van der Waals surface area contributed by atoms with E-state index in [1.54, 1.807) is 10.9 Å². The van der Waals surface area contributed by atoms with Crippen LogP contribution in [0.3, 0.4) is 0 Å². The summed E-state index contributed by atoms with van der Waals surface area (Å²) in [6.45, 7) is 0. The van der Waals surface area contributed by atoms with Crippen molar-refractivity contribution in [2.45, 2.75) is 44.2 Å². The van der Waals surface area contributed by atoms with Gasteiger partial charge in [-0.05, 0) is 37.2 Å². The molecule has 0 saturated heterocycles. The number of aromatic nitrogens is 2. The number of aliphatic hydroxyl groups excluding tert-OH is 1. The van der Waals surface area contributed by atoms with Crippen LogP contribution in [0, 0.1) is 5.92 Å². The van der Waals surface area contributed by atoms with Gasteiger partial charge >= 0.3 is 0 Å². The quantitative estimate of drug-likeness (QED) is 0.820. The van der Waals surface area contributed by atoms with Crippen LogP contribution in [0.1, 0.15) is 42.9 Å². The molecule has 1 aromatic carbocycles. The number of nitrogens with zero attached hydrogens (tertiary/aromatic N) is 2. The Morgan fingerprint density at radius 1 is 1.38 bits per heavy atom. The Morgan fingerprint density at radius 2 is 2.12 bits per heavy atom. The molecule has 1 atom stereocenters. The molecule has 0 bridgehead atoms. The summed E-state index contributed by atoms with van der Waals surface area (Å²) >= 11 is 0. The fraction of sp³-hybridized carbons (Fsp3) is 0.474. The van der Waals surface area contributed by atoms with E-state index in [2.05, 4.69) is 22.5 Å². The predicted molar refractivity (Wildman–Crippen MR) is 92.2 cm³/mol. The average molecular weight is 327 g/mol. The van der Waals surface area contributed by atoms with Crippen LogP contribution in [0.5, 0.6) is 0 Å². The van der Waals surface area contributed by atoms with Crippen LogP contribution in [0.25, 0.3) is 0 Å². The SMILES string of the molecule is Cn1cc([C@@H](NC(=O)CCCc2ccccc2)C2CC(O)C2)cn1. The summed E-state index contributed by atoms with van der Waals surface area (Å²) < 4.78 is 1.75. The molecular weight excluding hydrogens is 302 g/mol. The van der Waals surface area contributed by atoms with E-state index < -0.39 is 0 Å². The normalized spacial score (nSPS) is 21.1. The first-order valence-corrected chi connectivity index (χ1v) is 8.61. The molecule has 1 heterocycles. The number of carbonyl (C=O) groups excluding carboxylic acids is 1. The number of aliphatic hydroxyl groups is 1. The number of rotatable bonds is 7. The molecule has 0 spiro atoms. The topological polar surface area (TPSA) is 67.2 Å². The molecule has 2 aromatic rings. The molecule has 5 nitrogen and oxygen atoms in total. The summed E-state index contributed by atoms with van der Waals surface area (Å²) in [6, 6.07) is 10.2. The zero-order valence-corrected chi connectivity index (χ0v) is 14.1. The maximum atomic E-state index is 12.3. The third-order valence-electron chi connectivity index (χ3n) is 4.73. The van der Waals surface area contributed by atoms with Gasteiger partial charge in [0.15, 0.2) is 0 Å². The van der Waals surface area contributed by atoms with E-state index in [9.17, 15) is 9.90 Å². The van der Waals surface area contributed by atoms with Crippen LogP contribution in [-0.4, -0.2) is 26.9 Å². The Bertz CT molecular complexity index is 662. The van der Waals surface area contributed by atoms with Gasteiger partial charge in [-0.25, -0.2) is 0 Å². The third-order valence-corrected chi connectivity index (χ3v) is 4.73. The summed E-state index contributed by atoms with van der Waals surface area (Å²) in [5.74, 6) is 0.364. The van der Waals surface area contributed by atoms with E-state index >= 15 is 0 Å². The largest absolute Gasteiger partial charge is 0.393 e. The lowest BCUT2D eigenvalue weighted by molar-refractivity contribution is -0.123. The smallest absolute Gasteiger partial charge is 0.220 e. The highest BCUT2D eigenvalue weighted by atomic mass is 16.3. The lowest BCUT2D eigenvalue weighted by atomic mass is 9.75. The second-order valence-corrected chi connectivity index (χ2v) is 6.72. The molecule has 1 saturated carbocycles. The maximum absolute atomic E-state index is 12.3. The van der Waals surface area contributed by atoms with Gasteiger partial charge in [0.2, 0.25) is 5.91 Å². The van der Waals surface area contributed by atoms with Crippen LogP contribution < -0.4 is 5.32 Å². The van der Waals surface area contributed by atoms with Crippen LogP contribution in [0.2, 0.25) is 0 Å². The van der Waals surface area contributed by atoms with Gasteiger partial charge in [-0.15, -0.1) is 0 Å². The third kappa shape index (κ3) is 4.23. The molecule has 0 unspecified atom stereocenters. The molecule has 3 rings (SSSR count). The molecule has 128 valence electrons. The van der Waals surface area contributed by atoms with Gasteiger partial charge in [-0.3, -0.25) is 9.48 Å². The fourth-order valence-corrected chi connectivity index (χ4v) is 3.32. The number of aryl methyl sites for hydroxylation is 2. The van der Waals surface area contributed by atoms with Crippen LogP contribution in [0.15, 0.2) is 42.7 Å². The highest BCUT2D eigenvalue weighted by Gasteiger charge is 2.36. The zero-order chi connectivity index (χ0) is 16.9. The van der Waals surface area contributed by atoms with Crippen molar-refractivity contribution in [1.29, 1.82) is 0 Å². The molecule has 2 N–H and O–H groups in total. The number of hydrogen-bond donors (Lipinski definition) is 2. The average Bonchev–Trinajstić information content (AvgIpc) is 2.97. The van der Waals surface area contributed by atoms with E-state index in [1.807, 2.05) is 31.4 Å². The summed E-state index contributed by atoms with van der Waals surface area (Å²) in [7, 11) is 1.87. The van der Waals surface area contributed by atoms with E-state index in [-0.39, 0.29) is 18.1 Å². The highest BCUT2D eigenvalue weighted by Crippen LogP contribution is 2.38. The van der Waals surface area contributed by atoms with Crippen molar-refractivity contribution in [3.8, 4) is 0 Å². The second kappa shape index (κ2) is 7.62. The molecule has 1 fully saturated rings.